The van der Waals surface area contributed by atoms with Crippen LogP contribution in [0.15, 0.2) is 18.2 Å². The monoisotopic (exact) mass is 264 g/mol. The van der Waals surface area contributed by atoms with Gasteiger partial charge in [-0.15, -0.1) is 0 Å². The summed E-state index contributed by atoms with van der Waals surface area (Å²) in [6, 6.07) is 5.98. The largest absolute Gasteiger partial charge is 0.380 e. The Morgan fingerprint density at radius 2 is 2.16 bits per heavy atom. The minimum absolute atomic E-state index is 0.101. The summed E-state index contributed by atoms with van der Waals surface area (Å²) in [5, 5.41) is 3.41. The SMILES string of the molecule is Fc1cccc(N2CCCOCC2)c1CNC1CC1. The lowest BCUT2D eigenvalue weighted by Crippen LogP contribution is -2.28. The Morgan fingerprint density at radius 1 is 1.26 bits per heavy atom. The summed E-state index contributed by atoms with van der Waals surface area (Å²) >= 11 is 0. The van der Waals surface area contributed by atoms with E-state index in [0.29, 0.717) is 12.6 Å². The summed E-state index contributed by atoms with van der Waals surface area (Å²) in [4.78, 5) is 2.25. The smallest absolute Gasteiger partial charge is 0.129 e. The zero-order valence-corrected chi connectivity index (χ0v) is 11.2. The van der Waals surface area contributed by atoms with E-state index in [2.05, 4.69) is 10.2 Å². The van der Waals surface area contributed by atoms with Crippen molar-refractivity contribution < 1.29 is 9.13 Å². The highest BCUT2D eigenvalue weighted by molar-refractivity contribution is 5.54. The van der Waals surface area contributed by atoms with E-state index in [9.17, 15) is 4.39 Å². The molecule has 1 aliphatic carbocycles. The van der Waals surface area contributed by atoms with Crippen LogP contribution in [-0.2, 0) is 11.3 Å². The van der Waals surface area contributed by atoms with Gasteiger partial charge in [0.05, 0.1) is 6.61 Å². The van der Waals surface area contributed by atoms with Gasteiger partial charge in [-0.1, -0.05) is 6.07 Å². The third kappa shape index (κ3) is 3.25. The van der Waals surface area contributed by atoms with Crippen molar-refractivity contribution in [3.8, 4) is 0 Å². The molecule has 0 amide bonds. The Bertz CT molecular complexity index is 426. The first-order chi connectivity index (χ1) is 9.34. The average molecular weight is 264 g/mol. The van der Waals surface area contributed by atoms with Crippen molar-refractivity contribution >= 4 is 5.69 Å². The molecule has 3 rings (SSSR count). The van der Waals surface area contributed by atoms with E-state index in [1.165, 1.54) is 12.8 Å². The molecule has 1 N–H and O–H groups in total. The van der Waals surface area contributed by atoms with Crippen molar-refractivity contribution in [1.82, 2.24) is 5.32 Å². The molecule has 0 bridgehead atoms. The second-order valence-electron chi connectivity index (χ2n) is 5.35. The first kappa shape index (κ1) is 12.9. The molecular weight excluding hydrogens is 243 g/mol. The Balaban J connectivity index is 1.78. The van der Waals surface area contributed by atoms with E-state index in [1.807, 2.05) is 6.07 Å². The third-order valence-corrected chi connectivity index (χ3v) is 3.80. The number of hydrogen-bond acceptors (Lipinski definition) is 3. The van der Waals surface area contributed by atoms with E-state index in [1.54, 1.807) is 12.1 Å². The van der Waals surface area contributed by atoms with Crippen molar-refractivity contribution in [3.63, 3.8) is 0 Å². The predicted octanol–water partition coefficient (Wildman–Crippen LogP) is 2.30. The van der Waals surface area contributed by atoms with Gasteiger partial charge in [0, 0.05) is 43.5 Å². The first-order valence-corrected chi connectivity index (χ1v) is 7.18. The molecule has 0 radical (unpaired) electrons. The summed E-state index contributed by atoms with van der Waals surface area (Å²) < 4.78 is 19.6. The normalized spacial score (nSPS) is 20.4. The maximum atomic E-state index is 14.1. The van der Waals surface area contributed by atoms with Crippen LogP contribution in [0.4, 0.5) is 10.1 Å². The van der Waals surface area contributed by atoms with Crippen molar-refractivity contribution in [2.45, 2.75) is 31.8 Å². The molecule has 104 valence electrons. The van der Waals surface area contributed by atoms with Crippen LogP contribution in [0.3, 0.4) is 0 Å². The quantitative estimate of drug-likeness (QED) is 0.903. The minimum atomic E-state index is -0.101. The first-order valence-electron chi connectivity index (χ1n) is 7.18. The van der Waals surface area contributed by atoms with E-state index < -0.39 is 0 Å². The Morgan fingerprint density at radius 3 is 3.00 bits per heavy atom. The van der Waals surface area contributed by atoms with E-state index in [-0.39, 0.29) is 5.82 Å². The zero-order chi connectivity index (χ0) is 13.1. The molecule has 0 unspecified atom stereocenters. The van der Waals surface area contributed by atoms with Gasteiger partial charge in [0.2, 0.25) is 0 Å². The molecular formula is C15H21FN2O. The summed E-state index contributed by atoms with van der Waals surface area (Å²) in [5.41, 5.74) is 1.83. The van der Waals surface area contributed by atoms with Crippen LogP contribution in [0.25, 0.3) is 0 Å². The summed E-state index contributed by atoms with van der Waals surface area (Å²) in [7, 11) is 0. The summed E-state index contributed by atoms with van der Waals surface area (Å²) in [5.74, 6) is -0.101. The summed E-state index contributed by atoms with van der Waals surface area (Å²) in [6.07, 6.45) is 3.45. The molecule has 1 aromatic rings. The number of benzene rings is 1. The molecule has 2 fully saturated rings. The number of hydrogen-bond donors (Lipinski definition) is 1. The maximum absolute atomic E-state index is 14.1. The van der Waals surface area contributed by atoms with E-state index >= 15 is 0 Å². The van der Waals surface area contributed by atoms with Crippen LogP contribution in [0.2, 0.25) is 0 Å². The number of anilines is 1. The Kier molecular flexibility index (Phi) is 3.99. The Labute approximate surface area is 113 Å². The highest BCUT2D eigenvalue weighted by atomic mass is 19.1. The maximum Gasteiger partial charge on any atom is 0.129 e. The second-order valence-corrected chi connectivity index (χ2v) is 5.35. The molecule has 2 aliphatic rings. The lowest BCUT2D eigenvalue weighted by atomic mass is 10.1. The molecule has 0 atom stereocenters. The van der Waals surface area contributed by atoms with Crippen LogP contribution in [0.1, 0.15) is 24.8 Å². The van der Waals surface area contributed by atoms with Gasteiger partial charge in [-0.3, -0.25) is 0 Å². The standard InChI is InChI=1S/C15H21FN2O/c16-14-3-1-4-15(13(14)11-17-12-5-6-12)18-7-2-9-19-10-8-18/h1,3-4,12,17H,2,5-11H2. The lowest BCUT2D eigenvalue weighted by Gasteiger charge is -2.25. The minimum Gasteiger partial charge on any atom is -0.380 e. The summed E-state index contributed by atoms with van der Waals surface area (Å²) in [6.45, 7) is 3.96. The number of rotatable bonds is 4. The van der Waals surface area contributed by atoms with Crippen LogP contribution >= 0.6 is 0 Å². The molecule has 1 heterocycles. The van der Waals surface area contributed by atoms with Crippen LogP contribution in [-0.4, -0.2) is 32.3 Å². The van der Waals surface area contributed by atoms with Gasteiger partial charge in [0.25, 0.3) is 0 Å². The van der Waals surface area contributed by atoms with E-state index in [0.717, 1.165) is 44.0 Å². The molecule has 4 heteroatoms. The van der Waals surface area contributed by atoms with Gasteiger partial charge in [-0.2, -0.15) is 0 Å². The fourth-order valence-electron chi connectivity index (χ4n) is 2.54. The highest BCUT2D eigenvalue weighted by Crippen LogP contribution is 2.26. The fraction of sp³-hybridized carbons (Fsp3) is 0.600. The van der Waals surface area contributed by atoms with Crippen molar-refractivity contribution in [2.75, 3.05) is 31.2 Å². The lowest BCUT2D eigenvalue weighted by molar-refractivity contribution is 0.152. The molecule has 1 saturated heterocycles. The third-order valence-electron chi connectivity index (χ3n) is 3.80. The molecule has 0 spiro atoms. The molecule has 19 heavy (non-hydrogen) atoms. The predicted molar refractivity (Wildman–Crippen MR) is 73.9 cm³/mol. The van der Waals surface area contributed by atoms with Gasteiger partial charge in [-0.25, -0.2) is 4.39 Å². The van der Waals surface area contributed by atoms with Gasteiger partial charge < -0.3 is 15.0 Å². The average Bonchev–Trinajstić information content (AvgIpc) is 3.24. The van der Waals surface area contributed by atoms with Crippen LogP contribution in [0.5, 0.6) is 0 Å². The number of halogens is 1. The molecule has 1 aromatic carbocycles. The second kappa shape index (κ2) is 5.88. The van der Waals surface area contributed by atoms with Crippen molar-refractivity contribution in [2.24, 2.45) is 0 Å². The molecule has 3 nitrogen and oxygen atoms in total. The van der Waals surface area contributed by atoms with Crippen molar-refractivity contribution in [3.05, 3.63) is 29.6 Å². The molecule has 1 aliphatic heterocycles. The number of ether oxygens (including phenoxy) is 1. The molecule has 1 saturated carbocycles. The number of nitrogens with zero attached hydrogens (tertiary/aromatic N) is 1. The van der Waals surface area contributed by atoms with Gasteiger partial charge in [-0.05, 0) is 31.4 Å². The molecule has 0 aromatic heterocycles. The van der Waals surface area contributed by atoms with Gasteiger partial charge in [0.15, 0.2) is 0 Å². The fourth-order valence-corrected chi connectivity index (χ4v) is 2.54. The zero-order valence-electron chi connectivity index (χ0n) is 11.2. The topological polar surface area (TPSA) is 24.5 Å². The van der Waals surface area contributed by atoms with Gasteiger partial charge in [0.1, 0.15) is 5.82 Å². The van der Waals surface area contributed by atoms with Gasteiger partial charge >= 0.3 is 0 Å². The van der Waals surface area contributed by atoms with Crippen molar-refractivity contribution in [1.29, 1.82) is 0 Å². The van der Waals surface area contributed by atoms with Crippen LogP contribution < -0.4 is 10.2 Å². The number of nitrogens with one attached hydrogen (secondary N) is 1. The van der Waals surface area contributed by atoms with Crippen LogP contribution in [0, 0.1) is 5.82 Å². The van der Waals surface area contributed by atoms with E-state index in [4.69, 9.17) is 4.74 Å². The Hall–Kier alpha value is -1.13. The highest BCUT2D eigenvalue weighted by Gasteiger charge is 2.22.